The van der Waals surface area contributed by atoms with Crippen LogP contribution in [0.4, 0.5) is 0 Å². The molecule has 0 fully saturated rings. The van der Waals surface area contributed by atoms with Gasteiger partial charge in [0.15, 0.2) is 0 Å². The highest BCUT2D eigenvalue weighted by molar-refractivity contribution is 6.51. The number of nitrogens with two attached hydrogens (primary N) is 2. The second-order valence-corrected chi connectivity index (χ2v) is 2.67. The van der Waals surface area contributed by atoms with Crippen molar-refractivity contribution in [2.75, 3.05) is 6.61 Å². The average molecular weight is 142 g/mol. The lowest BCUT2D eigenvalue weighted by Gasteiger charge is -2.19. The van der Waals surface area contributed by atoms with Crippen LogP contribution in [0.15, 0.2) is 5.10 Å². The molecule has 7 heteroatoms. The Morgan fingerprint density at radius 3 is 2.50 bits per heavy atom. The molecule has 0 aromatic rings. The molecule has 0 saturated carbocycles. The maximum Gasteiger partial charge on any atom is 0.113 e. The average Bonchev–Trinajstić information content (AvgIpc) is 1.89. The van der Waals surface area contributed by atoms with Crippen molar-refractivity contribution in [1.82, 2.24) is 5.53 Å². The van der Waals surface area contributed by atoms with Gasteiger partial charge in [-0.05, 0) is 5.21 Å². The lowest BCUT2D eigenvalue weighted by molar-refractivity contribution is 0.296. The molecule has 0 atom stereocenters. The molecule has 0 bridgehead atoms. The van der Waals surface area contributed by atoms with E-state index in [1.165, 1.54) is 0 Å². The summed E-state index contributed by atoms with van der Waals surface area (Å²) >= 11 is 0. The van der Waals surface area contributed by atoms with Gasteiger partial charge in [0.1, 0.15) is 21.5 Å². The van der Waals surface area contributed by atoms with Crippen LogP contribution in [0, 0.1) is 0 Å². The van der Waals surface area contributed by atoms with Crippen molar-refractivity contribution in [3.63, 3.8) is 0 Å². The fraction of sp³-hybridized carbons (Fsp3) is 0.667. The number of hydrazone groups is 1. The normalized spacial score (nSPS) is 13.2. The summed E-state index contributed by atoms with van der Waals surface area (Å²) in [6.45, 7) is -0.0516. The molecule has 10 heavy (non-hydrogen) atoms. The summed E-state index contributed by atoms with van der Waals surface area (Å²) in [6, 6.07) is 0. The molecular formula is C3H12B2N4O. The minimum Gasteiger partial charge on any atom is -0.397 e. The molecule has 5 nitrogen and oxygen atoms in total. The smallest absolute Gasteiger partial charge is 0.113 e. The van der Waals surface area contributed by atoms with Crippen LogP contribution in [0.1, 0.15) is 0 Å². The number of rotatable bonds is 3. The van der Waals surface area contributed by atoms with E-state index in [-0.39, 0.29) is 12.4 Å². The van der Waals surface area contributed by atoms with E-state index >= 15 is 0 Å². The van der Waals surface area contributed by atoms with Crippen molar-refractivity contribution in [1.29, 1.82) is 0 Å². The van der Waals surface area contributed by atoms with Gasteiger partial charge in [0, 0.05) is 6.61 Å². The summed E-state index contributed by atoms with van der Waals surface area (Å²) in [5, 5.41) is 11.8. The number of nitrogens with zero attached hydrogens (tertiary/aromatic N) is 1. The standard InChI is InChI=1S/C3H12B2N4O/c4-3(5,1-10)2(6)8-9-7/h9-10H,1,4-5,7H2,(H2,6,8). The summed E-state index contributed by atoms with van der Waals surface area (Å²) in [5.74, 6) is 5.17. The Morgan fingerprint density at radius 1 is 1.70 bits per heavy atom. The number of aliphatic hydroxyl groups excluding tert-OH is 1. The Hall–Kier alpha value is -0.680. The van der Waals surface area contributed by atoms with Gasteiger partial charge in [0.2, 0.25) is 0 Å². The van der Waals surface area contributed by atoms with E-state index in [1.54, 1.807) is 15.7 Å². The SMILES string of the molecule is BC(B)(CO)/C(N)=N/NN. The molecule has 0 aromatic heterocycles. The number of hydrogen-bond donors (Lipinski definition) is 4. The zero-order valence-electron chi connectivity index (χ0n) is 6.26. The number of hydrazine groups is 1. The van der Waals surface area contributed by atoms with Crippen molar-refractivity contribution in [3.8, 4) is 0 Å². The van der Waals surface area contributed by atoms with Crippen molar-refractivity contribution in [2.24, 2.45) is 16.7 Å². The number of amidine groups is 1. The maximum absolute atomic E-state index is 8.76. The van der Waals surface area contributed by atoms with Crippen molar-refractivity contribution in [2.45, 2.75) is 5.21 Å². The molecule has 0 saturated heterocycles. The molecule has 56 valence electrons. The lowest BCUT2D eigenvalue weighted by Crippen LogP contribution is -2.37. The third-order valence-corrected chi connectivity index (χ3v) is 1.27. The Balaban J connectivity index is 4.17. The zero-order chi connectivity index (χ0) is 8.20. The van der Waals surface area contributed by atoms with Crippen molar-refractivity contribution < 1.29 is 5.11 Å². The van der Waals surface area contributed by atoms with E-state index in [0.29, 0.717) is 0 Å². The second kappa shape index (κ2) is 3.48. The molecule has 0 aliphatic heterocycles. The molecular weight excluding hydrogens is 130 g/mol. The van der Waals surface area contributed by atoms with E-state index in [1.807, 2.05) is 0 Å². The zero-order valence-corrected chi connectivity index (χ0v) is 6.26. The fourth-order valence-electron chi connectivity index (χ4n) is 0.302. The van der Waals surface area contributed by atoms with Gasteiger partial charge < -0.3 is 10.8 Å². The highest BCUT2D eigenvalue weighted by Gasteiger charge is 2.21. The monoisotopic (exact) mass is 142 g/mol. The van der Waals surface area contributed by atoms with Gasteiger partial charge >= 0.3 is 0 Å². The van der Waals surface area contributed by atoms with Crippen LogP contribution in [0.25, 0.3) is 0 Å². The molecule has 0 aliphatic rings. The minimum atomic E-state index is -0.508. The first-order valence-corrected chi connectivity index (χ1v) is 2.94. The van der Waals surface area contributed by atoms with Crippen LogP contribution >= 0.6 is 0 Å². The van der Waals surface area contributed by atoms with Gasteiger partial charge in [-0.15, -0.1) is 0 Å². The molecule has 0 unspecified atom stereocenters. The number of hydrogen-bond acceptors (Lipinski definition) is 4. The third kappa shape index (κ3) is 2.28. The molecule has 6 N–H and O–H groups in total. The molecule has 0 aliphatic carbocycles. The predicted octanol–water partition coefficient (Wildman–Crippen LogP) is -3.90. The van der Waals surface area contributed by atoms with Crippen molar-refractivity contribution >= 4 is 21.5 Å². The second-order valence-electron chi connectivity index (χ2n) is 2.67. The molecule has 0 aromatic carbocycles. The van der Waals surface area contributed by atoms with Gasteiger partial charge in [-0.1, -0.05) is 0 Å². The van der Waals surface area contributed by atoms with Crippen molar-refractivity contribution in [3.05, 3.63) is 0 Å². The first-order chi connectivity index (χ1) is 4.54. The van der Waals surface area contributed by atoms with Crippen LogP contribution in [0.5, 0.6) is 0 Å². The molecule has 0 rings (SSSR count). The quantitative estimate of drug-likeness (QED) is 0.106. The first kappa shape index (κ1) is 9.32. The van der Waals surface area contributed by atoms with Gasteiger partial charge in [0.25, 0.3) is 0 Å². The third-order valence-electron chi connectivity index (χ3n) is 1.27. The molecule has 0 amide bonds. The van der Waals surface area contributed by atoms with E-state index in [2.05, 4.69) is 10.6 Å². The highest BCUT2D eigenvalue weighted by Crippen LogP contribution is 2.12. The van der Waals surface area contributed by atoms with E-state index in [9.17, 15) is 0 Å². The minimum absolute atomic E-state index is 0.0516. The van der Waals surface area contributed by atoms with Crippen LogP contribution < -0.4 is 17.1 Å². The van der Waals surface area contributed by atoms with Crippen LogP contribution in [-0.2, 0) is 0 Å². The first-order valence-electron chi connectivity index (χ1n) is 2.94. The largest absolute Gasteiger partial charge is 0.397 e. The Kier molecular flexibility index (Phi) is 3.24. The summed E-state index contributed by atoms with van der Waals surface area (Å²) in [4.78, 5) is 0. The highest BCUT2D eigenvalue weighted by atomic mass is 16.3. The van der Waals surface area contributed by atoms with Gasteiger partial charge in [-0.2, -0.15) is 5.10 Å². The Labute approximate surface area is 61.6 Å². The summed E-state index contributed by atoms with van der Waals surface area (Å²) < 4.78 is 0. The summed E-state index contributed by atoms with van der Waals surface area (Å²) in [6.07, 6.45) is 0. The maximum atomic E-state index is 8.76. The van der Waals surface area contributed by atoms with Crippen LogP contribution in [0.2, 0.25) is 5.21 Å². The molecule has 0 spiro atoms. The Morgan fingerprint density at radius 2 is 2.20 bits per heavy atom. The fourth-order valence-corrected chi connectivity index (χ4v) is 0.302. The van der Waals surface area contributed by atoms with E-state index in [4.69, 9.17) is 16.7 Å². The lowest BCUT2D eigenvalue weighted by atomic mass is 9.54. The van der Waals surface area contributed by atoms with Gasteiger partial charge in [-0.3, -0.25) is 0 Å². The van der Waals surface area contributed by atoms with E-state index in [0.717, 1.165) is 0 Å². The van der Waals surface area contributed by atoms with Gasteiger partial charge in [-0.25, -0.2) is 11.4 Å². The summed E-state index contributed by atoms with van der Waals surface area (Å²) in [7, 11) is 3.53. The number of aliphatic hydroxyl groups is 1. The molecule has 0 radical (unpaired) electrons. The van der Waals surface area contributed by atoms with Crippen LogP contribution in [0.3, 0.4) is 0 Å². The Bertz CT molecular complexity index is 136. The summed E-state index contributed by atoms with van der Waals surface area (Å²) in [5.41, 5.74) is 7.48. The van der Waals surface area contributed by atoms with Gasteiger partial charge in [0.05, 0.1) is 0 Å². The molecule has 0 heterocycles. The number of nitrogens with one attached hydrogen (secondary N) is 1. The van der Waals surface area contributed by atoms with E-state index < -0.39 is 5.21 Å². The van der Waals surface area contributed by atoms with Crippen LogP contribution in [-0.4, -0.2) is 33.2 Å². The predicted molar refractivity (Wildman–Crippen MR) is 45.8 cm³/mol. The topological polar surface area (TPSA) is 96.7 Å².